The van der Waals surface area contributed by atoms with Crippen molar-refractivity contribution in [1.82, 2.24) is 19.1 Å². The molecule has 0 N–H and O–H groups in total. The van der Waals surface area contributed by atoms with Crippen LogP contribution in [0, 0.1) is 24.1 Å². The third-order valence-corrected chi connectivity index (χ3v) is 5.14. The van der Waals surface area contributed by atoms with E-state index < -0.39 is 0 Å². The Bertz CT molecular complexity index is 1210. The number of nitrogens with zero attached hydrogens (tertiary/aromatic N) is 5. The van der Waals surface area contributed by atoms with Crippen LogP contribution in [0.4, 0.5) is 4.39 Å². The second kappa shape index (κ2) is 7.88. The van der Waals surface area contributed by atoms with E-state index in [4.69, 9.17) is 4.98 Å². The lowest BCUT2D eigenvalue weighted by molar-refractivity contribution is 0.612. The number of imidazole rings is 1. The molecule has 0 bridgehead atoms. The van der Waals surface area contributed by atoms with Crippen LogP contribution in [0.1, 0.15) is 42.4 Å². The van der Waals surface area contributed by atoms with Crippen LogP contribution in [-0.4, -0.2) is 19.1 Å². The number of unbranched alkanes of at least 4 members (excludes halogenated alkanes) is 1. The average Bonchev–Trinajstić information content (AvgIpc) is 3.32. The van der Waals surface area contributed by atoms with Crippen molar-refractivity contribution in [3.8, 4) is 11.8 Å². The van der Waals surface area contributed by atoms with Gasteiger partial charge in [-0.1, -0.05) is 19.4 Å². The molecule has 3 aromatic heterocycles. The molecular formula is C23H22FN5. The topological polar surface area (TPSA) is 59.4 Å². The Morgan fingerprint density at radius 2 is 2.07 bits per heavy atom. The first-order chi connectivity index (χ1) is 14.1. The molecule has 0 saturated carbocycles. The van der Waals surface area contributed by atoms with Crippen LogP contribution >= 0.6 is 0 Å². The summed E-state index contributed by atoms with van der Waals surface area (Å²) in [4.78, 5) is 9.35. The minimum absolute atomic E-state index is 0.362. The van der Waals surface area contributed by atoms with E-state index in [9.17, 15) is 9.65 Å². The lowest BCUT2D eigenvalue weighted by atomic mass is 10.1. The highest BCUT2D eigenvalue weighted by molar-refractivity contribution is 5.75. The van der Waals surface area contributed by atoms with Crippen LogP contribution in [0.15, 0.2) is 48.8 Å². The highest BCUT2D eigenvalue weighted by Crippen LogP contribution is 2.23. The molecule has 146 valence electrons. The van der Waals surface area contributed by atoms with Gasteiger partial charge in [0.05, 0.1) is 12.2 Å². The molecule has 0 radical (unpaired) electrons. The van der Waals surface area contributed by atoms with Crippen molar-refractivity contribution in [3.05, 3.63) is 77.3 Å². The van der Waals surface area contributed by atoms with Gasteiger partial charge >= 0.3 is 0 Å². The number of pyridine rings is 1. The number of hydrogen-bond donors (Lipinski definition) is 0. The fourth-order valence-corrected chi connectivity index (χ4v) is 3.58. The lowest BCUT2D eigenvalue weighted by Crippen LogP contribution is -2.07. The smallest absolute Gasteiger partial charge is 0.160 e. The van der Waals surface area contributed by atoms with Gasteiger partial charge < -0.3 is 9.13 Å². The molecule has 0 fully saturated rings. The molecule has 0 aliphatic heterocycles. The number of halogens is 1. The molecule has 5 nitrogen and oxygen atoms in total. The second-order valence-electron chi connectivity index (χ2n) is 7.18. The number of aryl methyl sites for hydroxylation is 2. The van der Waals surface area contributed by atoms with Crippen LogP contribution in [-0.2, 0) is 13.0 Å². The highest BCUT2D eigenvalue weighted by atomic mass is 19.1. The molecule has 4 aromatic rings. The Labute approximate surface area is 169 Å². The molecule has 0 aliphatic carbocycles. The fourth-order valence-electron chi connectivity index (χ4n) is 3.58. The van der Waals surface area contributed by atoms with E-state index in [0.29, 0.717) is 17.9 Å². The van der Waals surface area contributed by atoms with Gasteiger partial charge in [0.2, 0.25) is 0 Å². The summed E-state index contributed by atoms with van der Waals surface area (Å²) in [5.74, 6) is 0.615. The summed E-state index contributed by atoms with van der Waals surface area (Å²) in [6.07, 6.45) is 6.47. The normalized spacial score (nSPS) is 11.1. The number of aromatic nitrogens is 4. The van der Waals surface area contributed by atoms with Gasteiger partial charge in [-0.05, 0) is 54.8 Å². The van der Waals surface area contributed by atoms with Gasteiger partial charge in [0, 0.05) is 18.8 Å². The van der Waals surface area contributed by atoms with Crippen LogP contribution in [0.2, 0.25) is 0 Å². The zero-order valence-electron chi connectivity index (χ0n) is 16.6. The summed E-state index contributed by atoms with van der Waals surface area (Å²) < 4.78 is 18.5. The summed E-state index contributed by atoms with van der Waals surface area (Å²) >= 11 is 0. The molecule has 1 aromatic carbocycles. The number of benzene rings is 1. The minimum atomic E-state index is -0.362. The van der Waals surface area contributed by atoms with E-state index >= 15 is 0 Å². The maximum absolute atomic E-state index is 14.9. The van der Waals surface area contributed by atoms with Crippen molar-refractivity contribution >= 4 is 11.2 Å². The first kappa shape index (κ1) is 18.9. The van der Waals surface area contributed by atoms with Crippen molar-refractivity contribution in [2.45, 2.75) is 39.7 Å². The standard InChI is InChI=1S/C23H22FN5/c1-3-4-7-21-27-22-16(2)10-11-26-23(22)29(21)15-17-8-9-20(19(24)13-17)28-12-5-6-18(28)14-25/h5-6,8-13H,3-4,7,15H2,1-2H3. The molecule has 3 heterocycles. The quantitative estimate of drug-likeness (QED) is 0.471. The SMILES string of the molecule is CCCCc1nc2c(C)ccnc2n1Cc1ccc(-n2cccc2C#N)c(F)c1. The molecule has 29 heavy (non-hydrogen) atoms. The molecule has 0 saturated heterocycles. The third-order valence-electron chi connectivity index (χ3n) is 5.14. The van der Waals surface area contributed by atoms with Gasteiger partial charge in [-0.3, -0.25) is 0 Å². The van der Waals surface area contributed by atoms with Gasteiger partial charge in [-0.2, -0.15) is 5.26 Å². The second-order valence-corrected chi connectivity index (χ2v) is 7.18. The first-order valence-corrected chi connectivity index (χ1v) is 9.79. The van der Waals surface area contributed by atoms with Gasteiger partial charge in [0.25, 0.3) is 0 Å². The zero-order chi connectivity index (χ0) is 20.4. The molecule has 0 spiro atoms. The predicted molar refractivity (Wildman–Crippen MR) is 110 cm³/mol. The predicted octanol–water partition coefficient (Wildman–Crippen LogP) is 4.93. The van der Waals surface area contributed by atoms with Crippen molar-refractivity contribution in [2.75, 3.05) is 0 Å². The van der Waals surface area contributed by atoms with Crippen LogP contribution in [0.25, 0.3) is 16.9 Å². The molecule has 0 unspecified atom stereocenters. The summed E-state index contributed by atoms with van der Waals surface area (Å²) in [5.41, 5.74) is 4.42. The van der Waals surface area contributed by atoms with Crippen molar-refractivity contribution in [1.29, 1.82) is 5.26 Å². The fraction of sp³-hybridized carbons (Fsp3) is 0.261. The Hall–Kier alpha value is -3.46. The zero-order valence-corrected chi connectivity index (χ0v) is 16.6. The van der Waals surface area contributed by atoms with E-state index in [1.54, 1.807) is 35.2 Å². The summed E-state index contributed by atoms with van der Waals surface area (Å²) in [5, 5.41) is 9.20. The average molecular weight is 387 g/mol. The molecule has 0 aliphatic rings. The van der Waals surface area contributed by atoms with Gasteiger partial charge in [0.1, 0.15) is 28.9 Å². The number of hydrogen-bond acceptors (Lipinski definition) is 3. The Morgan fingerprint density at radius 1 is 1.21 bits per heavy atom. The summed E-state index contributed by atoms with van der Waals surface area (Å²) in [6, 6.07) is 12.6. The van der Waals surface area contributed by atoms with E-state index in [1.165, 1.54) is 6.07 Å². The van der Waals surface area contributed by atoms with Crippen molar-refractivity contribution in [3.63, 3.8) is 0 Å². The minimum Gasteiger partial charge on any atom is -0.308 e. The van der Waals surface area contributed by atoms with Crippen LogP contribution in [0.5, 0.6) is 0 Å². The maximum atomic E-state index is 14.9. The van der Waals surface area contributed by atoms with Crippen LogP contribution in [0.3, 0.4) is 0 Å². The van der Waals surface area contributed by atoms with E-state index in [0.717, 1.165) is 47.4 Å². The van der Waals surface area contributed by atoms with Gasteiger partial charge in [0.15, 0.2) is 5.65 Å². The third kappa shape index (κ3) is 3.52. The van der Waals surface area contributed by atoms with Gasteiger partial charge in [-0.15, -0.1) is 0 Å². The Morgan fingerprint density at radius 3 is 2.83 bits per heavy atom. The Kier molecular flexibility index (Phi) is 5.13. The van der Waals surface area contributed by atoms with Crippen LogP contribution < -0.4 is 0 Å². The van der Waals surface area contributed by atoms with Crippen molar-refractivity contribution < 1.29 is 4.39 Å². The number of nitriles is 1. The highest BCUT2D eigenvalue weighted by Gasteiger charge is 2.15. The van der Waals surface area contributed by atoms with E-state index in [-0.39, 0.29) is 5.82 Å². The van der Waals surface area contributed by atoms with E-state index in [1.807, 2.05) is 19.1 Å². The molecule has 0 amide bonds. The Balaban J connectivity index is 1.72. The molecule has 4 rings (SSSR count). The monoisotopic (exact) mass is 387 g/mol. The molecular weight excluding hydrogens is 365 g/mol. The summed E-state index contributed by atoms with van der Waals surface area (Å²) in [7, 11) is 0. The lowest BCUT2D eigenvalue weighted by Gasteiger charge is -2.11. The molecule has 6 heteroatoms. The largest absolute Gasteiger partial charge is 0.308 e. The first-order valence-electron chi connectivity index (χ1n) is 9.79. The van der Waals surface area contributed by atoms with E-state index in [2.05, 4.69) is 22.5 Å². The maximum Gasteiger partial charge on any atom is 0.160 e. The van der Waals surface area contributed by atoms with Crippen molar-refractivity contribution in [2.24, 2.45) is 0 Å². The summed E-state index contributed by atoms with van der Waals surface area (Å²) in [6.45, 7) is 4.69. The molecule has 0 atom stereocenters. The number of rotatable bonds is 6. The van der Waals surface area contributed by atoms with Gasteiger partial charge in [-0.25, -0.2) is 14.4 Å². The number of fused-ring (bicyclic) bond motifs is 1.